The van der Waals surface area contributed by atoms with Crippen molar-refractivity contribution in [2.75, 3.05) is 11.9 Å². The van der Waals surface area contributed by atoms with Crippen molar-refractivity contribution in [1.82, 2.24) is 0 Å². The average Bonchev–Trinajstić information content (AvgIpc) is 2.02. The second kappa shape index (κ2) is 3.28. The summed E-state index contributed by atoms with van der Waals surface area (Å²) in [6, 6.07) is 6.40. The van der Waals surface area contributed by atoms with Gasteiger partial charge in [0.2, 0.25) is 0 Å². The molecule has 0 N–H and O–H groups in total. The molecule has 0 aromatic heterocycles. The molecule has 0 aliphatic carbocycles. The molecule has 0 bridgehead atoms. The van der Waals surface area contributed by atoms with E-state index in [9.17, 15) is 13.2 Å². The largest absolute Gasteiger partial charge is 0.484 e. The number of para-hydroxylation sites is 1. The van der Waals surface area contributed by atoms with Gasteiger partial charge in [0, 0.05) is 12.7 Å². The minimum Gasteiger partial charge on any atom is -0.287 e. The lowest BCUT2D eigenvalue weighted by Crippen LogP contribution is -2.34. The third kappa shape index (κ3) is 2.14. The van der Waals surface area contributed by atoms with Gasteiger partial charge in [-0.1, -0.05) is 18.2 Å². The Kier molecular flexibility index (Phi) is 2.50. The minimum atomic E-state index is -4.31. The van der Waals surface area contributed by atoms with E-state index in [0.717, 1.165) is 7.05 Å². The van der Waals surface area contributed by atoms with E-state index in [2.05, 4.69) is 0 Å². The summed E-state index contributed by atoms with van der Waals surface area (Å²) in [5.41, 5.74) is 0.803. The maximum atomic E-state index is 12.2. The van der Waals surface area contributed by atoms with Crippen molar-refractivity contribution < 1.29 is 13.2 Å². The fourth-order valence-corrected chi connectivity index (χ4v) is 1.08. The molecule has 0 saturated heterocycles. The van der Waals surface area contributed by atoms with Gasteiger partial charge in [0.15, 0.2) is 0 Å². The molecule has 0 heterocycles. The Hall–Kier alpha value is -1.19. The van der Waals surface area contributed by atoms with E-state index in [1.54, 1.807) is 25.1 Å². The van der Waals surface area contributed by atoms with Crippen LogP contribution in [0.2, 0.25) is 0 Å². The van der Waals surface area contributed by atoms with Crippen LogP contribution in [0.4, 0.5) is 18.9 Å². The second-order valence-electron chi connectivity index (χ2n) is 2.81. The van der Waals surface area contributed by atoms with Crippen LogP contribution in [0.15, 0.2) is 24.3 Å². The zero-order chi connectivity index (χ0) is 10.1. The molecule has 0 spiro atoms. The van der Waals surface area contributed by atoms with Gasteiger partial charge in [0.1, 0.15) is 0 Å². The molecule has 1 rings (SSSR count). The first-order valence-electron chi connectivity index (χ1n) is 3.79. The van der Waals surface area contributed by atoms with Crippen molar-refractivity contribution in [3.8, 4) is 0 Å². The van der Waals surface area contributed by atoms with E-state index < -0.39 is 6.30 Å². The number of aryl methyl sites for hydroxylation is 1. The van der Waals surface area contributed by atoms with Gasteiger partial charge in [-0.05, 0) is 18.6 Å². The number of anilines is 1. The number of rotatable bonds is 1. The van der Waals surface area contributed by atoms with Gasteiger partial charge < -0.3 is 0 Å². The summed E-state index contributed by atoms with van der Waals surface area (Å²) in [5.74, 6) is 0. The number of alkyl halides is 3. The zero-order valence-corrected chi connectivity index (χ0v) is 7.39. The van der Waals surface area contributed by atoms with Crippen molar-refractivity contribution in [1.29, 1.82) is 0 Å². The van der Waals surface area contributed by atoms with Crippen LogP contribution in [0.25, 0.3) is 0 Å². The normalized spacial score (nSPS) is 11.5. The van der Waals surface area contributed by atoms with Crippen molar-refractivity contribution in [3.63, 3.8) is 0 Å². The molecular weight excluding hydrogens is 179 g/mol. The highest BCUT2D eigenvalue weighted by Gasteiger charge is 2.34. The van der Waals surface area contributed by atoms with Gasteiger partial charge in [-0.3, -0.25) is 4.90 Å². The molecule has 0 unspecified atom stereocenters. The third-order valence-electron chi connectivity index (χ3n) is 1.86. The summed E-state index contributed by atoms with van der Waals surface area (Å²) in [5, 5.41) is 0. The van der Waals surface area contributed by atoms with Crippen molar-refractivity contribution >= 4 is 5.69 Å². The lowest BCUT2D eigenvalue weighted by Gasteiger charge is -2.23. The first-order chi connectivity index (χ1) is 5.93. The number of nitrogens with zero attached hydrogens (tertiary/aromatic N) is 1. The van der Waals surface area contributed by atoms with Crippen molar-refractivity contribution in [3.05, 3.63) is 29.8 Å². The Morgan fingerprint density at radius 2 is 1.69 bits per heavy atom. The molecule has 4 heteroatoms. The van der Waals surface area contributed by atoms with E-state index in [4.69, 9.17) is 0 Å². The highest BCUT2D eigenvalue weighted by molar-refractivity contribution is 5.52. The molecule has 1 aromatic rings. The SMILES string of the molecule is Cc1ccccc1N(C)C(F)(F)F. The molecule has 1 aromatic carbocycles. The van der Waals surface area contributed by atoms with Gasteiger partial charge in [-0.15, -0.1) is 0 Å². The van der Waals surface area contributed by atoms with Gasteiger partial charge in [-0.2, -0.15) is 13.2 Å². The number of halogens is 3. The molecular formula is C9H10F3N. The highest BCUT2D eigenvalue weighted by Crippen LogP contribution is 2.28. The molecule has 0 aliphatic rings. The first-order valence-corrected chi connectivity index (χ1v) is 3.79. The summed E-state index contributed by atoms with van der Waals surface area (Å²) in [7, 11) is 1.02. The predicted octanol–water partition coefficient (Wildman–Crippen LogP) is 2.95. The maximum absolute atomic E-state index is 12.2. The standard InChI is InChI=1S/C9H10F3N/c1-7-5-3-4-6-8(7)13(2)9(10,11)12/h3-6H,1-2H3. The molecule has 13 heavy (non-hydrogen) atoms. The lowest BCUT2D eigenvalue weighted by atomic mass is 10.2. The molecule has 0 fully saturated rings. The van der Waals surface area contributed by atoms with Gasteiger partial charge in [-0.25, -0.2) is 0 Å². The zero-order valence-electron chi connectivity index (χ0n) is 7.39. The van der Waals surface area contributed by atoms with Gasteiger partial charge >= 0.3 is 6.30 Å². The summed E-state index contributed by atoms with van der Waals surface area (Å²) < 4.78 is 36.7. The molecule has 0 saturated carbocycles. The molecule has 1 nitrogen and oxygen atoms in total. The van der Waals surface area contributed by atoms with Crippen LogP contribution in [0.5, 0.6) is 0 Å². The van der Waals surface area contributed by atoms with Crippen LogP contribution in [0.1, 0.15) is 5.56 Å². The Balaban J connectivity index is 3.02. The van der Waals surface area contributed by atoms with Crippen LogP contribution in [0.3, 0.4) is 0 Å². The Labute approximate surface area is 74.8 Å². The van der Waals surface area contributed by atoms with Crippen molar-refractivity contribution in [2.45, 2.75) is 13.2 Å². The van der Waals surface area contributed by atoms with Crippen LogP contribution in [-0.4, -0.2) is 13.3 Å². The summed E-state index contributed by atoms with van der Waals surface area (Å²) >= 11 is 0. The van der Waals surface area contributed by atoms with E-state index in [-0.39, 0.29) is 5.69 Å². The van der Waals surface area contributed by atoms with E-state index >= 15 is 0 Å². The first kappa shape index (κ1) is 9.89. The quantitative estimate of drug-likeness (QED) is 0.614. The Morgan fingerprint density at radius 1 is 1.15 bits per heavy atom. The van der Waals surface area contributed by atoms with Crippen LogP contribution in [0, 0.1) is 6.92 Å². The predicted molar refractivity (Wildman–Crippen MR) is 45.6 cm³/mol. The minimum absolute atomic E-state index is 0.190. The number of benzene rings is 1. The van der Waals surface area contributed by atoms with Crippen LogP contribution in [-0.2, 0) is 0 Å². The molecule has 72 valence electrons. The van der Waals surface area contributed by atoms with E-state index in [1.807, 2.05) is 0 Å². The Bertz CT molecular complexity index is 293. The van der Waals surface area contributed by atoms with E-state index in [1.165, 1.54) is 6.07 Å². The van der Waals surface area contributed by atoms with Gasteiger partial charge in [0.05, 0.1) is 0 Å². The average molecular weight is 189 g/mol. The van der Waals surface area contributed by atoms with Gasteiger partial charge in [0.25, 0.3) is 0 Å². The lowest BCUT2D eigenvalue weighted by molar-refractivity contribution is -0.125. The van der Waals surface area contributed by atoms with Crippen LogP contribution < -0.4 is 4.90 Å². The fraction of sp³-hybridized carbons (Fsp3) is 0.333. The van der Waals surface area contributed by atoms with Crippen LogP contribution >= 0.6 is 0 Å². The maximum Gasteiger partial charge on any atom is 0.484 e. The summed E-state index contributed by atoms with van der Waals surface area (Å²) in [6.45, 7) is 1.65. The molecule has 0 atom stereocenters. The smallest absolute Gasteiger partial charge is 0.287 e. The Morgan fingerprint density at radius 3 is 2.15 bits per heavy atom. The molecule has 0 amide bonds. The number of hydrogen-bond acceptors (Lipinski definition) is 1. The summed E-state index contributed by atoms with van der Waals surface area (Å²) in [4.78, 5) is 0.308. The molecule has 0 radical (unpaired) electrons. The number of hydrogen-bond donors (Lipinski definition) is 0. The molecule has 0 aliphatic heterocycles. The highest BCUT2D eigenvalue weighted by atomic mass is 19.4. The fourth-order valence-electron chi connectivity index (χ4n) is 1.08. The topological polar surface area (TPSA) is 3.24 Å². The van der Waals surface area contributed by atoms with Crippen molar-refractivity contribution in [2.24, 2.45) is 0 Å². The third-order valence-corrected chi connectivity index (χ3v) is 1.86. The monoisotopic (exact) mass is 189 g/mol. The van der Waals surface area contributed by atoms with E-state index in [0.29, 0.717) is 10.5 Å². The second-order valence-corrected chi connectivity index (χ2v) is 2.81. The summed E-state index contributed by atoms with van der Waals surface area (Å²) in [6.07, 6.45) is -4.31.